The third-order valence-electron chi connectivity index (χ3n) is 3.32. The molecule has 0 spiro atoms. The summed E-state index contributed by atoms with van der Waals surface area (Å²) in [6, 6.07) is -0.503. The average molecular weight is 285 g/mol. The second kappa shape index (κ2) is 8.25. The molecule has 5 heteroatoms. The molecule has 0 fully saturated rings. The van der Waals surface area contributed by atoms with Crippen LogP contribution in [-0.2, 0) is 9.59 Å². The number of amides is 2. The Kier molecular flexibility index (Phi) is 7.79. The van der Waals surface area contributed by atoms with Gasteiger partial charge in [0.15, 0.2) is 0 Å². The summed E-state index contributed by atoms with van der Waals surface area (Å²) in [5.74, 6) is -0.424. The topological polar surface area (TPSA) is 75.4 Å². The van der Waals surface area contributed by atoms with Gasteiger partial charge in [0.25, 0.3) is 0 Å². The molecule has 118 valence electrons. The molecule has 2 unspecified atom stereocenters. The quantitative estimate of drug-likeness (QED) is 0.742. The maximum absolute atomic E-state index is 12.2. The van der Waals surface area contributed by atoms with E-state index in [1.54, 1.807) is 11.8 Å². The summed E-state index contributed by atoms with van der Waals surface area (Å²) in [5, 5.41) is 2.79. The Bertz CT molecular complexity index is 320. The van der Waals surface area contributed by atoms with Crippen LogP contribution in [0.1, 0.15) is 48.0 Å². The van der Waals surface area contributed by atoms with Crippen LogP contribution < -0.4 is 11.1 Å². The zero-order valence-electron chi connectivity index (χ0n) is 13.8. The number of likely N-dealkylation sites (N-methyl/N-ethyl adjacent to an activating group) is 1. The average Bonchev–Trinajstić information content (AvgIpc) is 2.35. The Morgan fingerprint density at radius 2 is 1.70 bits per heavy atom. The normalized spacial score (nSPS) is 14.6. The van der Waals surface area contributed by atoms with Crippen molar-refractivity contribution in [3.05, 3.63) is 0 Å². The van der Waals surface area contributed by atoms with Gasteiger partial charge in [-0.05, 0) is 32.6 Å². The molecular weight excluding hydrogens is 254 g/mol. The van der Waals surface area contributed by atoms with Gasteiger partial charge in [-0.1, -0.05) is 20.8 Å². The van der Waals surface area contributed by atoms with Gasteiger partial charge in [-0.25, -0.2) is 0 Å². The van der Waals surface area contributed by atoms with Crippen molar-refractivity contribution in [1.29, 1.82) is 0 Å². The second-order valence-electron chi connectivity index (χ2n) is 6.44. The number of hydrogen-bond acceptors (Lipinski definition) is 3. The van der Waals surface area contributed by atoms with E-state index in [9.17, 15) is 9.59 Å². The first-order chi connectivity index (χ1) is 9.16. The molecule has 2 amide bonds. The third kappa shape index (κ3) is 6.37. The van der Waals surface area contributed by atoms with Crippen LogP contribution in [0.3, 0.4) is 0 Å². The van der Waals surface area contributed by atoms with E-state index in [0.717, 1.165) is 0 Å². The van der Waals surface area contributed by atoms with Crippen molar-refractivity contribution in [1.82, 2.24) is 10.2 Å². The molecule has 0 aliphatic heterocycles. The lowest BCUT2D eigenvalue weighted by Crippen LogP contribution is -2.49. The largest absolute Gasteiger partial charge is 0.344 e. The Morgan fingerprint density at radius 3 is 2.05 bits per heavy atom. The van der Waals surface area contributed by atoms with Gasteiger partial charge in [-0.3, -0.25) is 9.59 Å². The first-order valence-electron chi connectivity index (χ1n) is 7.45. The smallest absolute Gasteiger partial charge is 0.244 e. The third-order valence-corrected chi connectivity index (χ3v) is 3.32. The minimum absolute atomic E-state index is 0.0352. The van der Waals surface area contributed by atoms with Crippen LogP contribution in [-0.4, -0.2) is 42.4 Å². The molecule has 0 aromatic rings. The lowest BCUT2D eigenvalue weighted by atomic mass is 9.84. The molecule has 0 radical (unpaired) electrons. The van der Waals surface area contributed by atoms with Crippen molar-refractivity contribution in [2.24, 2.45) is 17.1 Å². The molecule has 0 aromatic carbocycles. The molecule has 0 rings (SSSR count). The van der Waals surface area contributed by atoms with Gasteiger partial charge in [-0.15, -0.1) is 0 Å². The van der Waals surface area contributed by atoms with Crippen molar-refractivity contribution in [3.63, 3.8) is 0 Å². The molecule has 0 aliphatic carbocycles. The summed E-state index contributed by atoms with van der Waals surface area (Å²) < 4.78 is 0. The van der Waals surface area contributed by atoms with Crippen molar-refractivity contribution < 1.29 is 9.59 Å². The summed E-state index contributed by atoms with van der Waals surface area (Å²) in [5.41, 5.74) is 5.72. The zero-order chi connectivity index (χ0) is 15.9. The van der Waals surface area contributed by atoms with Crippen LogP contribution in [0, 0.1) is 11.3 Å². The van der Waals surface area contributed by atoms with Gasteiger partial charge in [0.2, 0.25) is 11.8 Å². The van der Waals surface area contributed by atoms with Crippen LogP contribution in [0.4, 0.5) is 0 Å². The van der Waals surface area contributed by atoms with Crippen LogP contribution in [0.2, 0.25) is 0 Å². The van der Waals surface area contributed by atoms with Crippen molar-refractivity contribution in [2.45, 2.75) is 54.0 Å². The van der Waals surface area contributed by atoms with Crippen LogP contribution >= 0.6 is 0 Å². The predicted molar refractivity (Wildman–Crippen MR) is 82.1 cm³/mol. The summed E-state index contributed by atoms with van der Waals surface area (Å²) in [6.45, 7) is 13.4. The summed E-state index contributed by atoms with van der Waals surface area (Å²) in [7, 11) is 0. The van der Waals surface area contributed by atoms with E-state index in [1.807, 2.05) is 13.8 Å². The molecule has 3 N–H and O–H groups in total. The molecular formula is C15H31N3O2. The molecule has 2 atom stereocenters. The number of rotatable bonds is 7. The number of carbonyl (C=O) groups excluding carboxylic acids is 2. The van der Waals surface area contributed by atoms with Gasteiger partial charge in [0, 0.05) is 19.6 Å². The highest BCUT2D eigenvalue weighted by molar-refractivity contribution is 5.88. The Balaban J connectivity index is 4.60. The standard InChI is InChI=1S/C15H31N3O2/c1-7-18(8-2)14(20)11(3)17-13(19)12(10-16)9-15(4,5)6/h11-12H,7-10,16H2,1-6H3,(H,17,19). The predicted octanol–water partition coefficient (Wildman–Crippen LogP) is 1.37. The van der Waals surface area contributed by atoms with E-state index in [-0.39, 0.29) is 23.1 Å². The lowest BCUT2D eigenvalue weighted by Gasteiger charge is -2.27. The lowest BCUT2D eigenvalue weighted by molar-refractivity contribution is -0.136. The highest BCUT2D eigenvalue weighted by Crippen LogP contribution is 2.24. The summed E-state index contributed by atoms with van der Waals surface area (Å²) in [6.07, 6.45) is 0.710. The SMILES string of the molecule is CCN(CC)C(=O)C(C)NC(=O)C(CN)CC(C)(C)C. The fraction of sp³-hybridized carbons (Fsp3) is 0.867. The summed E-state index contributed by atoms with van der Waals surface area (Å²) >= 11 is 0. The van der Waals surface area contributed by atoms with E-state index in [1.165, 1.54) is 0 Å². The van der Waals surface area contributed by atoms with Crippen LogP contribution in [0.5, 0.6) is 0 Å². The molecule has 5 nitrogen and oxygen atoms in total. The van der Waals surface area contributed by atoms with E-state index in [2.05, 4.69) is 26.1 Å². The molecule has 0 saturated carbocycles. The first-order valence-corrected chi connectivity index (χ1v) is 7.45. The summed E-state index contributed by atoms with van der Waals surface area (Å²) in [4.78, 5) is 26.0. The van der Waals surface area contributed by atoms with Crippen LogP contribution in [0.25, 0.3) is 0 Å². The fourth-order valence-corrected chi connectivity index (χ4v) is 2.22. The van der Waals surface area contributed by atoms with Gasteiger partial charge in [0.05, 0.1) is 5.92 Å². The second-order valence-corrected chi connectivity index (χ2v) is 6.44. The maximum atomic E-state index is 12.2. The Hall–Kier alpha value is -1.10. The molecule has 0 aliphatic rings. The monoisotopic (exact) mass is 285 g/mol. The highest BCUT2D eigenvalue weighted by Gasteiger charge is 2.27. The first kappa shape index (κ1) is 18.9. The molecule has 20 heavy (non-hydrogen) atoms. The molecule has 0 aromatic heterocycles. The number of nitrogens with zero attached hydrogens (tertiary/aromatic N) is 1. The number of nitrogens with one attached hydrogen (secondary N) is 1. The van der Waals surface area contributed by atoms with Crippen molar-refractivity contribution >= 4 is 11.8 Å². The Morgan fingerprint density at radius 1 is 1.20 bits per heavy atom. The number of hydrogen-bond donors (Lipinski definition) is 2. The van der Waals surface area contributed by atoms with Crippen molar-refractivity contribution in [3.8, 4) is 0 Å². The number of carbonyl (C=O) groups is 2. The molecule has 0 saturated heterocycles. The van der Waals surface area contributed by atoms with E-state index < -0.39 is 6.04 Å². The zero-order valence-corrected chi connectivity index (χ0v) is 13.8. The molecule has 0 heterocycles. The fourth-order valence-electron chi connectivity index (χ4n) is 2.22. The highest BCUT2D eigenvalue weighted by atomic mass is 16.2. The molecule has 0 bridgehead atoms. The van der Waals surface area contributed by atoms with E-state index in [0.29, 0.717) is 26.1 Å². The van der Waals surface area contributed by atoms with Gasteiger partial charge >= 0.3 is 0 Å². The minimum Gasteiger partial charge on any atom is -0.344 e. The van der Waals surface area contributed by atoms with Gasteiger partial charge < -0.3 is 16.0 Å². The maximum Gasteiger partial charge on any atom is 0.244 e. The number of nitrogens with two attached hydrogens (primary N) is 1. The van der Waals surface area contributed by atoms with E-state index in [4.69, 9.17) is 5.73 Å². The minimum atomic E-state index is -0.503. The van der Waals surface area contributed by atoms with Crippen LogP contribution in [0.15, 0.2) is 0 Å². The van der Waals surface area contributed by atoms with Gasteiger partial charge in [0.1, 0.15) is 6.04 Å². The van der Waals surface area contributed by atoms with Gasteiger partial charge in [-0.2, -0.15) is 0 Å². The Labute approximate surface area is 123 Å². The van der Waals surface area contributed by atoms with E-state index >= 15 is 0 Å². The van der Waals surface area contributed by atoms with Crippen molar-refractivity contribution in [2.75, 3.05) is 19.6 Å².